The normalized spacial score (nSPS) is 15.8. The van der Waals surface area contributed by atoms with Crippen LogP contribution in [0.5, 0.6) is 17.5 Å². The van der Waals surface area contributed by atoms with Crippen molar-refractivity contribution < 1.29 is 37.7 Å². The van der Waals surface area contributed by atoms with E-state index in [0.717, 1.165) is 17.0 Å². The fraction of sp³-hybridized carbons (Fsp3) is 0.318. The minimum Gasteiger partial charge on any atom is -0.425 e. The highest BCUT2D eigenvalue weighted by Crippen LogP contribution is 2.36. The summed E-state index contributed by atoms with van der Waals surface area (Å²) in [4.78, 5) is 24.2. The van der Waals surface area contributed by atoms with E-state index >= 15 is 0 Å². The molecule has 4 rings (SSSR count). The maximum Gasteiger partial charge on any atom is 0.573 e. The number of anilines is 1. The summed E-state index contributed by atoms with van der Waals surface area (Å²) in [5, 5.41) is 20.2. The van der Waals surface area contributed by atoms with Gasteiger partial charge in [0.05, 0.1) is 11.6 Å². The second-order valence-electron chi connectivity index (χ2n) is 7.78. The molecule has 0 spiro atoms. The number of fused-ring (bicyclic) bond motifs is 1. The van der Waals surface area contributed by atoms with Gasteiger partial charge in [0.1, 0.15) is 11.5 Å². The number of aliphatic hydroxyl groups is 2. The van der Waals surface area contributed by atoms with Gasteiger partial charge in [0, 0.05) is 38.7 Å². The fourth-order valence-electron chi connectivity index (χ4n) is 3.66. The van der Waals surface area contributed by atoms with Crippen LogP contribution in [0.15, 0.2) is 42.7 Å². The molecular formula is C22H21ClF3N5O5. The van der Waals surface area contributed by atoms with Crippen LogP contribution in [0.4, 0.5) is 19.0 Å². The van der Waals surface area contributed by atoms with Crippen LogP contribution < -0.4 is 14.4 Å². The molecule has 2 aromatic heterocycles. The number of ether oxygens (including phenoxy) is 2. The smallest absolute Gasteiger partial charge is 0.425 e. The Morgan fingerprint density at radius 1 is 1.22 bits per heavy atom. The third kappa shape index (κ3) is 5.32. The largest absolute Gasteiger partial charge is 0.573 e. The number of pyridine rings is 1. The molecule has 1 atom stereocenters. The van der Waals surface area contributed by atoms with E-state index in [9.17, 15) is 28.2 Å². The van der Waals surface area contributed by atoms with Crippen LogP contribution in [0.25, 0.3) is 0 Å². The second-order valence-corrected chi connectivity index (χ2v) is 8.18. The molecule has 0 radical (unpaired) electrons. The Balaban J connectivity index is 1.78. The molecule has 0 aliphatic carbocycles. The Kier molecular flexibility index (Phi) is 7.24. The van der Waals surface area contributed by atoms with Crippen molar-refractivity contribution in [1.29, 1.82) is 0 Å². The molecule has 14 heteroatoms. The minimum absolute atomic E-state index is 0.00127. The van der Waals surface area contributed by atoms with Crippen molar-refractivity contribution in [1.82, 2.24) is 19.4 Å². The zero-order valence-electron chi connectivity index (χ0n) is 18.8. The van der Waals surface area contributed by atoms with Gasteiger partial charge in [-0.15, -0.1) is 13.2 Å². The van der Waals surface area contributed by atoms with E-state index in [4.69, 9.17) is 16.3 Å². The van der Waals surface area contributed by atoms with Crippen LogP contribution >= 0.6 is 11.6 Å². The third-order valence-electron chi connectivity index (χ3n) is 5.33. The van der Waals surface area contributed by atoms with E-state index in [1.54, 1.807) is 6.07 Å². The van der Waals surface area contributed by atoms with Gasteiger partial charge >= 0.3 is 12.4 Å². The SMILES string of the molecule is CN1c2nc(Oc3cccc(OC(F)(F)F)c3)n(Cc3ccncc3Cl)c2C(=O)N(CCCO)C1O. The van der Waals surface area contributed by atoms with E-state index in [2.05, 4.69) is 14.7 Å². The molecule has 0 saturated heterocycles. The number of aromatic nitrogens is 3. The molecule has 1 aliphatic heterocycles. The van der Waals surface area contributed by atoms with Crippen LogP contribution in [0, 0.1) is 0 Å². The predicted octanol–water partition coefficient (Wildman–Crippen LogP) is 3.22. The van der Waals surface area contributed by atoms with Gasteiger partial charge in [-0.05, 0) is 30.2 Å². The van der Waals surface area contributed by atoms with Crippen LogP contribution in [-0.2, 0) is 6.54 Å². The number of nitrogens with zero attached hydrogens (tertiary/aromatic N) is 5. The lowest BCUT2D eigenvalue weighted by Gasteiger charge is -2.38. The zero-order valence-corrected chi connectivity index (χ0v) is 19.6. The Hall–Kier alpha value is -3.55. The minimum atomic E-state index is -4.89. The summed E-state index contributed by atoms with van der Waals surface area (Å²) >= 11 is 6.27. The first-order valence-electron chi connectivity index (χ1n) is 10.6. The molecular weight excluding hydrogens is 507 g/mol. The maximum absolute atomic E-state index is 13.4. The molecule has 3 heterocycles. The number of carbonyl (C=O) groups excluding carboxylic acids is 1. The number of rotatable bonds is 8. The first-order valence-corrected chi connectivity index (χ1v) is 11.0. The van der Waals surface area contributed by atoms with Gasteiger partial charge in [0.25, 0.3) is 5.91 Å². The summed E-state index contributed by atoms with van der Waals surface area (Å²) < 4.78 is 49.1. The van der Waals surface area contributed by atoms with Gasteiger partial charge in [-0.3, -0.25) is 19.2 Å². The maximum atomic E-state index is 13.4. The van der Waals surface area contributed by atoms with Crippen LogP contribution in [0.2, 0.25) is 5.02 Å². The summed E-state index contributed by atoms with van der Waals surface area (Å²) in [6.45, 7) is -0.126. The Labute approximate surface area is 208 Å². The Morgan fingerprint density at radius 3 is 2.67 bits per heavy atom. The lowest BCUT2D eigenvalue weighted by atomic mass is 10.2. The standard InChI is InChI=1S/C22H21ClF3N5O5/c1-29-18-17(19(33)30(21(29)34)8-3-9-32)31(12-13-6-7-27-11-16(13)23)20(28-18)35-14-4-2-5-15(10-14)36-22(24,25)26/h2,4-7,10-11,21,32,34H,3,8-9,12H2,1H3. The molecule has 2 N–H and O–H groups in total. The summed E-state index contributed by atoms with van der Waals surface area (Å²) in [6.07, 6.45) is -3.09. The number of hydrogen-bond donors (Lipinski definition) is 2. The Morgan fingerprint density at radius 2 is 1.97 bits per heavy atom. The van der Waals surface area contributed by atoms with Crippen molar-refractivity contribution in [2.45, 2.75) is 25.7 Å². The lowest BCUT2D eigenvalue weighted by molar-refractivity contribution is -0.274. The summed E-state index contributed by atoms with van der Waals surface area (Å²) in [5.74, 6) is -1.02. The number of benzene rings is 1. The van der Waals surface area contributed by atoms with Gasteiger partial charge in [0.2, 0.25) is 6.35 Å². The molecule has 3 aromatic rings. The first kappa shape index (κ1) is 25.5. The van der Waals surface area contributed by atoms with Crippen molar-refractivity contribution in [2.24, 2.45) is 0 Å². The number of hydrogen-bond acceptors (Lipinski definition) is 8. The fourth-order valence-corrected chi connectivity index (χ4v) is 3.84. The molecule has 0 saturated carbocycles. The number of carbonyl (C=O) groups is 1. The van der Waals surface area contributed by atoms with E-state index in [1.165, 1.54) is 41.0 Å². The molecule has 1 amide bonds. The van der Waals surface area contributed by atoms with Crippen LogP contribution in [0.3, 0.4) is 0 Å². The highest BCUT2D eigenvalue weighted by Gasteiger charge is 2.40. The van der Waals surface area contributed by atoms with Gasteiger partial charge < -0.3 is 24.6 Å². The molecule has 0 bridgehead atoms. The monoisotopic (exact) mass is 527 g/mol. The molecule has 1 unspecified atom stereocenters. The van der Waals surface area contributed by atoms with Crippen LogP contribution in [0.1, 0.15) is 22.5 Å². The number of aliphatic hydroxyl groups excluding tert-OH is 2. The highest BCUT2D eigenvalue weighted by molar-refractivity contribution is 6.31. The second kappa shape index (κ2) is 10.2. The average Bonchev–Trinajstić information content (AvgIpc) is 3.16. The summed E-state index contributed by atoms with van der Waals surface area (Å²) in [7, 11) is 1.51. The van der Waals surface area contributed by atoms with Gasteiger partial charge in [-0.2, -0.15) is 4.98 Å². The van der Waals surface area contributed by atoms with Crippen molar-refractivity contribution in [3.63, 3.8) is 0 Å². The highest BCUT2D eigenvalue weighted by atomic mass is 35.5. The molecule has 192 valence electrons. The first-order chi connectivity index (χ1) is 17.1. The quantitative estimate of drug-likeness (QED) is 0.459. The number of alkyl halides is 3. The molecule has 1 aromatic carbocycles. The average molecular weight is 528 g/mol. The molecule has 1 aliphatic rings. The predicted molar refractivity (Wildman–Crippen MR) is 121 cm³/mol. The Bertz CT molecular complexity index is 1260. The summed E-state index contributed by atoms with van der Waals surface area (Å²) in [5.41, 5.74) is 0.626. The van der Waals surface area contributed by atoms with Crippen molar-refractivity contribution in [3.05, 3.63) is 59.0 Å². The van der Waals surface area contributed by atoms with Gasteiger partial charge in [0.15, 0.2) is 11.5 Å². The number of amides is 1. The van der Waals surface area contributed by atoms with Crippen LogP contribution in [-0.4, -0.2) is 68.5 Å². The molecule has 10 nitrogen and oxygen atoms in total. The van der Waals surface area contributed by atoms with E-state index in [-0.39, 0.29) is 49.4 Å². The zero-order chi connectivity index (χ0) is 26.0. The topological polar surface area (TPSA) is 113 Å². The number of imidazole rings is 1. The van der Waals surface area contributed by atoms with E-state index < -0.39 is 24.4 Å². The number of halogens is 4. The van der Waals surface area contributed by atoms with Crippen molar-refractivity contribution >= 4 is 23.3 Å². The third-order valence-corrected chi connectivity index (χ3v) is 5.67. The lowest BCUT2D eigenvalue weighted by Crippen LogP contribution is -2.54. The molecule has 0 fully saturated rings. The molecule has 36 heavy (non-hydrogen) atoms. The summed E-state index contributed by atoms with van der Waals surface area (Å²) in [6, 6.07) is 6.34. The van der Waals surface area contributed by atoms with Crippen molar-refractivity contribution in [2.75, 3.05) is 25.1 Å². The van der Waals surface area contributed by atoms with Gasteiger partial charge in [-0.1, -0.05) is 17.7 Å². The van der Waals surface area contributed by atoms with E-state index in [1.807, 2.05) is 0 Å². The van der Waals surface area contributed by atoms with Crippen molar-refractivity contribution in [3.8, 4) is 17.5 Å². The van der Waals surface area contributed by atoms with Gasteiger partial charge in [-0.25, -0.2) is 0 Å². The van der Waals surface area contributed by atoms with E-state index in [0.29, 0.717) is 10.6 Å².